The van der Waals surface area contributed by atoms with Gasteiger partial charge in [0.1, 0.15) is 0 Å². The Balaban J connectivity index is 2.41. The SMILES string of the molecule is Cc1ccncc1C(=O)NCCCC(=O)O. The zero-order chi connectivity index (χ0) is 12.0. The van der Waals surface area contributed by atoms with Crippen molar-refractivity contribution in [1.29, 1.82) is 0 Å². The molecule has 2 N–H and O–H groups in total. The van der Waals surface area contributed by atoms with Gasteiger partial charge in [-0.15, -0.1) is 0 Å². The van der Waals surface area contributed by atoms with Crippen LogP contribution in [0, 0.1) is 6.92 Å². The van der Waals surface area contributed by atoms with Crippen LogP contribution in [0.15, 0.2) is 18.5 Å². The van der Waals surface area contributed by atoms with Crippen molar-refractivity contribution in [2.75, 3.05) is 6.54 Å². The molecule has 1 aromatic heterocycles. The molecular weight excluding hydrogens is 208 g/mol. The number of hydrogen-bond donors (Lipinski definition) is 2. The fraction of sp³-hybridized carbons (Fsp3) is 0.364. The molecule has 0 aliphatic rings. The van der Waals surface area contributed by atoms with Gasteiger partial charge in [0.2, 0.25) is 0 Å². The number of aryl methyl sites for hydroxylation is 1. The number of hydrogen-bond acceptors (Lipinski definition) is 3. The van der Waals surface area contributed by atoms with Crippen molar-refractivity contribution < 1.29 is 14.7 Å². The molecule has 0 bridgehead atoms. The van der Waals surface area contributed by atoms with Crippen LogP contribution in [0.2, 0.25) is 0 Å². The molecule has 0 aliphatic heterocycles. The van der Waals surface area contributed by atoms with E-state index in [9.17, 15) is 9.59 Å². The van der Waals surface area contributed by atoms with E-state index in [1.165, 1.54) is 6.20 Å². The molecule has 0 saturated carbocycles. The van der Waals surface area contributed by atoms with E-state index in [0.717, 1.165) is 5.56 Å². The van der Waals surface area contributed by atoms with Crippen LogP contribution in [0.4, 0.5) is 0 Å². The normalized spacial score (nSPS) is 9.81. The molecule has 0 radical (unpaired) electrons. The van der Waals surface area contributed by atoms with Gasteiger partial charge >= 0.3 is 5.97 Å². The molecule has 0 fully saturated rings. The largest absolute Gasteiger partial charge is 0.481 e. The molecule has 0 unspecified atom stereocenters. The molecule has 1 amide bonds. The lowest BCUT2D eigenvalue weighted by Crippen LogP contribution is -2.25. The summed E-state index contributed by atoms with van der Waals surface area (Å²) in [7, 11) is 0. The van der Waals surface area contributed by atoms with Crippen molar-refractivity contribution in [2.45, 2.75) is 19.8 Å². The van der Waals surface area contributed by atoms with Crippen molar-refractivity contribution in [2.24, 2.45) is 0 Å². The van der Waals surface area contributed by atoms with Crippen LogP contribution in [0.3, 0.4) is 0 Å². The van der Waals surface area contributed by atoms with Crippen LogP contribution in [-0.4, -0.2) is 28.5 Å². The summed E-state index contributed by atoms with van der Waals surface area (Å²) in [5.41, 5.74) is 1.38. The molecule has 1 aromatic rings. The zero-order valence-corrected chi connectivity index (χ0v) is 9.06. The fourth-order valence-corrected chi connectivity index (χ4v) is 1.24. The van der Waals surface area contributed by atoms with Gasteiger partial charge in [-0.3, -0.25) is 14.6 Å². The molecular formula is C11H14N2O3. The highest BCUT2D eigenvalue weighted by Crippen LogP contribution is 2.04. The standard InChI is InChI=1S/C11H14N2O3/c1-8-4-6-12-7-9(8)11(16)13-5-2-3-10(14)15/h4,6-7H,2-3,5H2,1H3,(H,13,16)(H,14,15). The first-order valence-corrected chi connectivity index (χ1v) is 5.02. The summed E-state index contributed by atoms with van der Waals surface area (Å²) in [6, 6.07) is 1.76. The van der Waals surface area contributed by atoms with Gasteiger partial charge in [-0.2, -0.15) is 0 Å². The summed E-state index contributed by atoms with van der Waals surface area (Å²) >= 11 is 0. The van der Waals surface area contributed by atoms with E-state index < -0.39 is 5.97 Å². The molecule has 1 rings (SSSR count). The maximum Gasteiger partial charge on any atom is 0.303 e. The third-order valence-electron chi connectivity index (χ3n) is 2.14. The maximum absolute atomic E-state index is 11.6. The average molecular weight is 222 g/mol. The summed E-state index contributed by atoms with van der Waals surface area (Å²) in [5.74, 6) is -1.07. The number of nitrogens with zero attached hydrogens (tertiary/aromatic N) is 1. The highest BCUT2D eigenvalue weighted by molar-refractivity contribution is 5.95. The van der Waals surface area contributed by atoms with Gasteiger partial charge in [0.05, 0.1) is 5.56 Å². The number of amides is 1. The molecule has 5 nitrogen and oxygen atoms in total. The Morgan fingerprint density at radius 3 is 2.88 bits per heavy atom. The van der Waals surface area contributed by atoms with Crippen LogP contribution < -0.4 is 5.32 Å². The Kier molecular flexibility index (Phi) is 4.44. The van der Waals surface area contributed by atoms with Gasteiger partial charge in [0.25, 0.3) is 5.91 Å². The summed E-state index contributed by atoms with van der Waals surface area (Å²) in [5, 5.41) is 11.1. The van der Waals surface area contributed by atoms with Crippen molar-refractivity contribution in [3.05, 3.63) is 29.6 Å². The van der Waals surface area contributed by atoms with E-state index in [1.54, 1.807) is 12.3 Å². The summed E-state index contributed by atoms with van der Waals surface area (Å²) in [6.45, 7) is 2.19. The number of carbonyl (C=O) groups is 2. The minimum absolute atomic E-state index is 0.0618. The topological polar surface area (TPSA) is 79.3 Å². The maximum atomic E-state index is 11.6. The molecule has 0 atom stereocenters. The Hall–Kier alpha value is -1.91. The monoisotopic (exact) mass is 222 g/mol. The number of rotatable bonds is 5. The second kappa shape index (κ2) is 5.85. The first-order chi connectivity index (χ1) is 7.61. The highest BCUT2D eigenvalue weighted by atomic mass is 16.4. The minimum Gasteiger partial charge on any atom is -0.481 e. The molecule has 0 aliphatic carbocycles. The zero-order valence-electron chi connectivity index (χ0n) is 9.06. The second-order valence-corrected chi connectivity index (χ2v) is 3.44. The lowest BCUT2D eigenvalue weighted by Gasteiger charge is -2.05. The molecule has 0 aromatic carbocycles. The quantitative estimate of drug-likeness (QED) is 0.728. The second-order valence-electron chi connectivity index (χ2n) is 3.44. The molecule has 5 heteroatoms. The van der Waals surface area contributed by atoms with Crippen molar-refractivity contribution in [3.63, 3.8) is 0 Å². The van der Waals surface area contributed by atoms with Gasteiger partial charge in [-0.05, 0) is 25.0 Å². The van der Waals surface area contributed by atoms with Crippen LogP contribution in [0.5, 0.6) is 0 Å². The van der Waals surface area contributed by atoms with Crippen LogP contribution in [0.1, 0.15) is 28.8 Å². The van der Waals surface area contributed by atoms with Gasteiger partial charge in [0, 0.05) is 25.4 Å². The van der Waals surface area contributed by atoms with Crippen molar-refractivity contribution >= 4 is 11.9 Å². The van der Waals surface area contributed by atoms with E-state index in [0.29, 0.717) is 18.5 Å². The fourth-order valence-electron chi connectivity index (χ4n) is 1.24. The van der Waals surface area contributed by atoms with E-state index in [2.05, 4.69) is 10.3 Å². The Morgan fingerprint density at radius 1 is 1.50 bits per heavy atom. The van der Waals surface area contributed by atoms with Gasteiger partial charge < -0.3 is 10.4 Å². The lowest BCUT2D eigenvalue weighted by molar-refractivity contribution is -0.137. The molecule has 0 spiro atoms. The summed E-state index contributed by atoms with van der Waals surface area (Å²) in [6.07, 6.45) is 3.62. The lowest BCUT2D eigenvalue weighted by atomic mass is 10.1. The Bertz CT molecular complexity index is 391. The highest BCUT2D eigenvalue weighted by Gasteiger charge is 2.07. The predicted molar refractivity (Wildman–Crippen MR) is 58.2 cm³/mol. The van der Waals surface area contributed by atoms with E-state index in [4.69, 9.17) is 5.11 Å². The van der Waals surface area contributed by atoms with Crippen LogP contribution >= 0.6 is 0 Å². The first kappa shape index (κ1) is 12.2. The average Bonchev–Trinajstić information content (AvgIpc) is 2.24. The minimum atomic E-state index is -0.855. The first-order valence-electron chi connectivity index (χ1n) is 5.02. The Morgan fingerprint density at radius 2 is 2.25 bits per heavy atom. The third-order valence-corrected chi connectivity index (χ3v) is 2.14. The number of nitrogens with one attached hydrogen (secondary N) is 1. The number of aromatic nitrogens is 1. The number of carboxylic acids is 1. The van der Waals surface area contributed by atoms with E-state index in [1.807, 2.05) is 6.92 Å². The number of aliphatic carboxylic acids is 1. The van der Waals surface area contributed by atoms with E-state index in [-0.39, 0.29) is 12.3 Å². The molecule has 1 heterocycles. The van der Waals surface area contributed by atoms with E-state index >= 15 is 0 Å². The summed E-state index contributed by atoms with van der Waals surface area (Å²) in [4.78, 5) is 25.7. The molecule has 0 saturated heterocycles. The van der Waals surface area contributed by atoms with Crippen molar-refractivity contribution in [1.82, 2.24) is 10.3 Å². The summed E-state index contributed by atoms with van der Waals surface area (Å²) < 4.78 is 0. The van der Waals surface area contributed by atoms with Gasteiger partial charge in [-0.25, -0.2) is 0 Å². The number of carbonyl (C=O) groups excluding carboxylic acids is 1. The third kappa shape index (κ3) is 3.68. The van der Waals surface area contributed by atoms with Crippen LogP contribution in [0.25, 0.3) is 0 Å². The number of carboxylic acid groups (broad SMARTS) is 1. The molecule has 86 valence electrons. The molecule has 16 heavy (non-hydrogen) atoms. The predicted octanol–water partition coefficient (Wildman–Crippen LogP) is 0.985. The van der Waals surface area contributed by atoms with Crippen molar-refractivity contribution in [3.8, 4) is 0 Å². The smallest absolute Gasteiger partial charge is 0.303 e. The van der Waals surface area contributed by atoms with Gasteiger partial charge in [-0.1, -0.05) is 0 Å². The number of pyridine rings is 1. The van der Waals surface area contributed by atoms with Gasteiger partial charge in [0.15, 0.2) is 0 Å². The van der Waals surface area contributed by atoms with Crippen LogP contribution in [-0.2, 0) is 4.79 Å². The Labute approximate surface area is 93.5 Å².